The van der Waals surface area contributed by atoms with Crippen molar-refractivity contribution in [2.45, 2.75) is 25.9 Å². The lowest BCUT2D eigenvalue weighted by molar-refractivity contribution is -0.136. The van der Waals surface area contributed by atoms with Crippen molar-refractivity contribution < 1.29 is 19.5 Å². The van der Waals surface area contributed by atoms with E-state index in [1.165, 1.54) is 5.56 Å². The van der Waals surface area contributed by atoms with Crippen LogP contribution in [0, 0.1) is 6.92 Å². The summed E-state index contributed by atoms with van der Waals surface area (Å²) in [4.78, 5) is 27.1. The van der Waals surface area contributed by atoms with Crippen LogP contribution in [0.3, 0.4) is 0 Å². The summed E-state index contributed by atoms with van der Waals surface area (Å²) in [6.07, 6.45) is 0.313. The molecule has 0 bridgehead atoms. The minimum atomic E-state index is -0.949. The molecule has 0 aromatic heterocycles. The smallest absolute Gasteiger partial charge is 0.314 e. The zero-order valence-electron chi connectivity index (χ0n) is 12.3. The fourth-order valence-electron chi connectivity index (χ4n) is 2.01. The molecule has 2 rings (SSSR count). The molecule has 1 aliphatic heterocycles. The number of carboxylic acid groups (broad SMARTS) is 1. The Bertz CT molecular complexity index is 569. The van der Waals surface area contributed by atoms with Crippen LogP contribution in [0.4, 0.5) is 4.79 Å². The standard InChI is InChI=1S/C15H19N3O4/c1-10-2-4-11(5-3-10)13-8-12(22-18-13)9-17-15(21)16-7-6-14(19)20/h2-5,12H,6-9H2,1H3,(H,19,20)(H2,16,17,21). The SMILES string of the molecule is Cc1ccc(C2=NOC(CNC(=O)NCCC(=O)O)C2)cc1. The maximum atomic E-state index is 11.5. The van der Waals surface area contributed by atoms with E-state index in [0.717, 1.165) is 11.3 Å². The molecule has 1 aliphatic rings. The first kappa shape index (κ1) is 15.8. The molecule has 7 nitrogen and oxygen atoms in total. The predicted molar refractivity (Wildman–Crippen MR) is 80.9 cm³/mol. The Morgan fingerprint density at radius 2 is 2.05 bits per heavy atom. The zero-order chi connectivity index (χ0) is 15.9. The number of urea groups is 1. The minimum Gasteiger partial charge on any atom is -0.481 e. The number of carbonyl (C=O) groups is 2. The number of oxime groups is 1. The molecule has 0 saturated heterocycles. The van der Waals surface area contributed by atoms with Crippen molar-refractivity contribution in [3.63, 3.8) is 0 Å². The number of rotatable bonds is 6. The van der Waals surface area contributed by atoms with Gasteiger partial charge in [0, 0.05) is 13.0 Å². The van der Waals surface area contributed by atoms with Gasteiger partial charge in [-0.15, -0.1) is 0 Å². The van der Waals surface area contributed by atoms with Crippen LogP contribution in [0.25, 0.3) is 0 Å². The molecule has 3 N–H and O–H groups in total. The van der Waals surface area contributed by atoms with Crippen molar-refractivity contribution in [1.29, 1.82) is 0 Å². The molecular formula is C15H19N3O4. The largest absolute Gasteiger partial charge is 0.481 e. The average Bonchev–Trinajstić information content (AvgIpc) is 2.94. The number of aliphatic carboxylic acids is 1. The van der Waals surface area contributed by atoms with E-state index in [9.17, 15) is 9.59 Å². The molecule has 1 aromatic rings. The molecule has 1 aromatic carbocycles. The molecule has 0 saturated carbocycles. The van der Waals surface area contributed by atoms with Gasteiger partial charge >= 0.3 is 12.0 Å². The van der Waals surface area contributed by atoms with Crippen LogP contribution in [0.1, 0.15) is 24.0 Å². The Kier molecular flexibility index (Phi) is 5.35. The monoisotopic (exact) mass is 305 g/mol. The number of hydrogen-bond donors (Lipinski definition) is 3. The third-order valence-corrected chi connectivity index (χ3v) is 3.23. The van der Waals surface area contributed by atoms with Gasteiger partial charge < -0.3 is 20.6 Å². The number of aryl methyl sites for hydroxylation is 1. The third kappa shape index (κ3) is 4.76. The van der Waals surface area contributed by atoms with Crippen molar-refractivity contribution >= 4 is 17.7 Å². The van der Waals surface area contributed by atoms with Crippen molar-refractivity contribution in [1.82, 2.24) is 10.6 Å². The van der Waals surface area contributed by atoms with Crippen molar-refractivity contribution in [3.05, 3.63) is 35.4 Å². The van der Waals surface area contributed by atoms with E-state index in [1.807, 2.05) is 31.2 Å². The lowest BCUT2D eigenvalue weighted by Crippen LogP contribution is -2.40. The minimum absolute atomic E-state index is 0.0950. The Morgan fingerprint density at radius 3 is 2.73 bits per heavy atom. The van der Waals surface area contributed by atoms with E-state index in [2.05, 4.69) is 15.8 Å². The van der Waals surface area contributed by atoms with Crippen LogP contribution in [0.5, 0.6) is 0 Å². The molecule has 1 heterocycles. The van der Waals surface area contributed by atoms with Crippen LogP contribution in [-0.2, 0) is 9.63 Å². The molecule has 0 radical (unpaired) electrons. The molecule has 0 spiro atoms. The number of nitrogens with zero attached hydrogens (tertiary/aromatic N) is 1. The summed E-state index contributed by atoms with van der Waals surface area (Å²) in [7, 11) is 0. The maximum absolute atomic E-state index is 11.5. The second-order valence-electron chi connectivity index (χ2n) is 5.12. The summed E-state index contributed by atoms with van der Waals surface area (Å²) in [5.74, 6) is -0.949. The van der Waals surface area contributed by atoms with E-state index in [1.54, 1.807) is 0 Å². The summed E-state index contributed by atoms with van der Waals surface area (Å²) < 4.78 is 0. The fourth-order valence-corrected chi connectivity index (χ4v) is 2.01. The van der Waals surface area contributed by atoms with Gasteiger partial charge in [0.2, 0.25) is 0 Å². The van der Waals surface area contributed by atoms with Gasteiger partial charge in [0.25, 0.3) is 0 Å². The fraction of sp³-hybridized carbons (Fsp3) is 0.400. The second-order valence-corrected chi connectivity index (χ2v) is 5.12. The van der Waals surface area contributed by atoms with Gasteiger partial charge in [-0.2, -0.15) is 0 Å². The highest BCUT2D eigenvalue weighted by Crippen LogP contribution is 2.16. The lowest BCUT2D eigenvalue weighted by Gasteiger charge is -2.10. The van der Waals surface area contributed by atoms with Crippen LogP contribution < -0.4 is 10.6 Å². The van der Waals surface area contributed by atoms with E-state index in [4.69, 9.17) is 9.94 Å². The summed E-state index contributed by atoms with van der Waals surface area (Å²) in [6, 6.07) is 7.60. The number of carbonyl (C=O) groups excluding carboxylic acids is 1. The molecular weight excluding hydrogens is 286 g/mol. The van der Waals surface area contributed by atoms with Gasteiger partial charge in [-0.25, -0.2) is 4.79 Å². The van der Waals surface area contributed by atoms with Gasteiger partial charge in [0.1, 0.15) is 0 Å². The Morgan fingerprint density at radius 1 is 1.32 bits per heavy atom. The Balaban J connectivity index is 1.70. The quantitative estimate of drug-likeness (QED) is 0.736. The Labute approximate surface area is 128 Å². The molecule has 1 unspecified atom stereocenters. The highest BCUT2D eigenvalue weighted by atomic mass is 16.6. The molecule has 7 heteroatoms. The molecule has 118 valence electrons. The van der Waals surface area contributed by atoms with Gasteiger partial charge in [-0.1, -0.05) is 35.0 Å². The number of amides is 2. The number of carboxylic acids is 1. The molecule has 2 amide bonds. The summed E-state index contributed by atoms with van der Waals surface area (Å²) in [5, 5.41) is 17.6. The summed E-state index contributed by atoms with van der Waals surface area (Å²) in [6.45, 7) is 2.43. The number of hydrogen-bond acceptors (Lipinski definition) is 4. The van der Waals surface area contributed by atoms with E-state index in [0.29, 0.717) is 13.0 Å². The first-order valence-electron chi connectivity index (χ1n) is 7.08. The maximum Gasteiger partial charge on any atom is 0.314 e. The number of nitrogens with one attached hydrogen (secondary N) is 2. The van der Waals surface area contributed by atoms with E-state index >= 15 is 0 Å². The number of benzene rings is 1. The van der Waals surface area contributed by atoms with Crippen LogP contribution >= 0.6 is 0 Å². The molecule has 0 aliphatic carbocycles. The predicted octanol–water partition coefficient (Wildman–Crippen LogP) is 1.26. The van der Waals surface area contributed by atoms with E-state index < -0.39 is 12.0 Å². The lowest BCUT2D eigenvalue weighted by atomic mass is 10.0. The normalized spacial score (nSPS) is 16.6. The molecule has 0 fully saturated rings. The molecule has 1 atom stereocenters. The van der Waals surface area contributed by atoms with Gasteiger partial charge in [-0.05, 0) is 12.5 Å². The first-order chi connectivity index (χ1) is 10.5. The van der Waals surface area contributed by atoms with Crippen LogP contribution in [0.15, 0.2) is 29.4 Å². The van der Waals surface area contributed by atoms with Crippen molar-refractivity contribution in [2.75, 3.05) is 13.1 Å². The van der Waals surface area contributed by atoms with E-state index in [-0.39, 0.29) is 19.1 Å². The summed E-state index contributed by atoms with van der Waals surface area (Å²) in [5.41, 5.74) is 3.05. The average molecular weight is 305 g/mol. The van der Waals surface area contributed by atoms with Crippen LogP contribution in [0.2, 0.25) is 0 Å². The van der Waals surface area contributed by atoms with Gasteiger partial charge in [0.05, 0.1) is 18.7 Å². The molecule has 22 heavy (non-hydrogen) atoms. The van der Waals surface area contributed by atoms with Gasteiger partial charge in [-0.3, -0.25) is 4.79 Å². The highest BCUT2D eigenvalue weighted by molar-refractivity contribution is 6.01. The first-order valence-corrected chi connectivity index (χ1v) is 7.08. The van der Waals surface area contributed by atoms with Gasteiger partial charge in [0.15, 0.2) is 6.10 Å². The zero-order valence-corrected chi connectivity index (χ0v) is 12.3. The van der Waals surface area contributed by atoms with Crippen molar-refractivity contribution in [2.24, 2.45) is 5.16 Å². The topological polar surface area (TPSA) is 100 Å². The second kappa shape index (κ2) is 7.44. The van der Waals surface area contributed by atoms with Crippen LogP contribution in [-0.4, -0.2) is 42.0 Å². The highest BCUT2D eigenvalue weighted by Gasteiger charge is 2.22. The van der Waals surface area contributed by atoms with Crippen molar-refractivity contribution in [3.8, 4) is 0 Å². The third-order valence-electron chi connectivity index (χ3n) is 3.23. The Hall–Kier alpha value is -2.57. The summed E-state index contributed by atoms with van der Waals surface area (Å²) >= 11 is 0.